The monoisotopic (exact) mass is 316 g/mol. The largest absolute Gasteiger partial charge is 0.368 e. The maximum atomic E-state index is 11.6. The van der Waals surface area contributed by atoms with Gasteiger partial charge < -0.3 is 5.73 Å². The van der Waals surface area contributed by atoms with Crippen molar-refractivity contribution < 1.29 is 4.79 Å². The van der Waals surface area contributed by atoms with Crippen molar-refractivity contribution in [3.8, 4) is 0 Å². The molecule has 0 aromatic carbocycles. The van der Waals surface area contributed by atoms with E-state index in [-0.39, 0.29) is 11.9 Å². The molecule has 2 saturated heterocycles. The van der Waals surface area contributed by atoms with Gasteiger partial charge in [-0.25, -0.2) is 0 Å². The zero-order valence-electron chi connectivity index (χ0n) is 14.3. The third-order valence-electron chi connectivity index (χ3n) is 5.38. The minimum atomic E-state index is -0.147. The molecule has 1 amide bonds. The van der Waals surface area contributed by atoms with Crippen LogP contribution >= 0.6 is 0 Å². The van der Waals surface area contributed by atoms with Crippen LogP contribution in [-0.2, 0) is 11.3 Å². The Balaban J connectivity index is 1.55. The van der Waals surface area contributed by atoms with Gasteiger partial charge in [0.05, 0.1) is 6.04 Å². The first-order chi connectivity index (χ1) is 11.0. The van der Waals surface area contributed by atoms with Crippen LogP contribution in [0.5, 0.6) is 0 Å². The predicted octanol–water partition coefficient (Wildman–Crippen LogP) is 1.61. The highest BCUT2D eigenvalue weighted by atomic mass is 16.1. The van der Waals surface area contributed by atoms with Crippen molar-refractivity contribution in [3.63, 3.8) is 0 Å². The summed E-state index contributed by atoms with van der Waals surface area (Å²) >= 11 is 0. The van der Waals surface area contributed by atoms with E-state index in [9.17, 15) is 4.79 Å². The number of rotatable bonds is 4. The third-order valence-corrected chi connectivity index (χ3v) is 5.38. The van der Waals surface area contributed by atoms with Gasteiger partial charge in [0.2, 0.25) is 5.91 Å². The molecule has 3 rings (SSSR count). The Morgan fingerprint density at radius 1 is 1.22 bits per heavy atom. The average Bonchev–Trinajstić information content (AvgIpc) is 3.00. The summed E-state index contributed by atoms with van der Waals surface area (Å²) in [4.78, 5) is 21.0. The molecule has 2 aliphatic rings. The fraction of sp³-hybridized carbons (Fsp3) is 0.667. The van der Waals surface area contributed by atoms with Gasteiger partial charge in [-0.05, 0) is 70.8 Å². The van der Waals surface area contributed by atoms with Crippen LogP contribution in [0, 0.1) is 13.8 Å². The van der Waals surface area contributed by atoms with E-state index in [0.717, 1.165) is 63.3 Å². The van der Waals surface area contributed by atoms with E-state index in [1.807, 2.05) is 6.92 Å². The minimum Gasteiger partial charge on any atom is -0.368 e. The molecule has 2 aliphatic heterocycles. The summed E-state index contributed by atoms with van der Waals surface area (Å²) < 4.78 is 0. The van der Waals surface area contributed by atoms with Gasteiger partial charge in [0.25, 0.3) is 0 Å². The summed E-state index contributed by atoms with van der Waals surface area (Å²) in [6, 6.07) is 4.78. The lowest BCUT2D eigenvalue weighted by molar-refractivity contribution is -0.123. The van der Waals surface area contributed by atoms with Crippen molar-refractivity contribution >= 4 is 5.91 Å². The average molecular weight is 316 g/mol. The number of hydrogen-bond donors (Lipinski definition) is 1. The van der Waals surface area contributed by atoms with Crippen LogP contribution < -0.4 is 5.73 Å². The van der Waals surface area contributed by atoms with Gasteiger partial charge in [-0.2, -0.15) is 0 Å². The molecule has 2 N–H and O–H groups in total. The molecule has 1 aromatic heterocycles. The molecule has 126 valence electrons. The number of amides is 1. The second-order valence-corrected chi connectivity index (χ2v) is 7.00. The summed E-state index contributed by atoms with van der Waals surface area (Å²) in [5.74, 6) is -0.147. The molecule has 0 spiro atoms. The van der Waals surface area contributed by atoms with Crippen molar-refractivity contribution in [3.05, 3.63) is 29.1 Å². The van der Waals surface area contributed by atoms with E-state index in [1.54, 1.807) is 0 Å². The third kappa shape index (κ3) is 3.72. The van der Waals surface area contributed by atoms with Gasteiger partial charge in [-0.1, -0.05) is 6.07 Å². The zero-order valence-corrected chi connectivity index (χ0v) is 14.3. The van der Waals surface area contributed by atoms with E-state index >= 15 is 0 Å². The van der Waals surface area contributed by atoms with Crippen molar-refractivity contribution in [2.45, 2.75) is 58.2 Å². The lowest BCUT2D eigenvalue weighted by Crippen LogP contribution is -2.50. The normalized spacial score (nSPS) is 24.2. The lowest BCUT2D eigenvalue weighted by atomic mass is 10.0. The Labute approximate surface area is 138 Å². The van der Waals surface area contributed by atoms with Gasteiger partial charge in [-0.15, -0.1) is 0 Å². The summed E-state index contributed by atoms with van der Waals surface area (Å²) in [6.07, 6.45) is 4.29. The molecule has 23 heavy (non-hydrogen) atoms. The molecule has 3 heterocycles. The first-order valence-corrected chi connectivity index (χ1v) is 8.75. The number of piperidine rings is 1. The molecule has 1 unspecified atom stereocenters. The maximum Gasteiger partial charge on any atom is 0.234 e. The summed E-state index contributed by atoms with van der Waals surface area (Å²) in [5.41, 5.74) is 9.10. The number of carbonyl (C=O) groups excluding carboxylic acids is 1. The van der Waals surface area contributed by atoms with Gasteiger partial charge in [-0.3, -0.25) is 19.6 Å². The highest BCUT2D eigenvalue weighted by molar-refractivity contribution is 5.80. The highest BCUT2D eigenvalue weighted by Gasteiger charge is 2.35. The van der Waals surface area contributed by atoms with Crippen molar-refractivity contribution in [1.82, 2.24) is 14.8 Å². The summed E-state index contributed by atoms with van der Waals surface area (Å²) in [7, 11) is 0. The summed E-state index contributed by atoms with van der Waals surface area (Å²) in [5, 5.41) is 0. The second kappa shape index (κ2) is 6.97. The number of nitrogens with two attached hydrogens (primary N) is 1. The molecule has 5 nitrogen and oxygen atoms in total. The number of aryl methyl sites for hydroxylation is 2. The number of nitrogens with zero attached hydrogens (tertiary/aromatic N) is 3. The van der Waals surface area contributed by atoms with Gasteiger partial charge in [0, 0.05) is 24.0 Å². The van der Waals surface area contributed by atoms with Crippen LogP contribution in [0.15, 0.2) is 12.1 Å². The fourth-order valence-corrected chi connectivity index (χ4v) is 4.06. The summed E-state index contributed by atoms with van der Waals surface area (Å²) in [6.45, 7) is 8.30. The number of likely N-dealkylation sites (tertiary alicyclic amines) is 2. The molecule has 2 fully saturated rings. The lowest BCUT2D eigenvalue weighted by Gasteiger charge is -2.38. The van der Waals surface area contributed by atoms with E-state index in [4.69, 9.17) is 5.73 Å². The van der Waals surface area contributed by atoms with Crippen LogP contribution in [0.4, 0.5) is 0 Å². The van der Waals surface area contributed by atoms with Gasteiger partial charge >= 0.3 is 0 Å². The van der Waals surface area contributed by atoms with Crippen LogP contribution in [0.3, 0.4) is 0 Å². The Hall–Kier alpha value is -1.46. The molecule has 0 aliphatic carbocycles. The van der Waals surface area contributed by atoms with Crippen LogP contribution in [0.1, 0.15) is 42.6 Å². The topological polar surface area (TPSA) is 62.5 Å². The van der Waals surface area contributed by atoms with E-state index in [2.05, 4.69) is 33.8 Å². The van der Waals surface area contributed by atoms with Crippen molar-refractivity contribution in [2.75, 3.05) is 19.6 Å². The predicted molar refractivity (Wildman–Crippen MR) is 90.9 cm³/mol. The Kier molecular flexibility index (Phi) is 4.97. The van der Waals surface area contributed by atoms with Crippen molar-refractivity contribution in [1.29, 1.82) is 0 Å². The quantitative estimate of drug-likeness (QED) is 0.917. The number of aromatic nitrogens is 1. The first-order valence-electron chi connectivity index (χ1n) is 8.75. The smallest absolute Gasteiger partial charge is 0.234 e. The van der Waals surface area contributed by atoms with Crippen LogP contribution in [0.2, 0.25) is 0 Å². The second-order valence-electron chi connectivity index (χ2n) is 7.00. The molecular formula is C18H28N4O. The van der Waals surface area contributed by atoms with E-state index in [1.165, 1.54) is 5.56 Å². The molecular weight excluding hydrogens is 288 g/mol. The fourth-order valence-electron chi connectivity index (χ4n) is 4.06. The Morgan fingerprint density at radius 2 is 1.96 bits per heavy atom. The number of hydrogen-bond acceptors (Lipinski definition) is 4. The molecule has 5 heteroatoms. The maximum absolute atomic E-state index is 11.6. The minimum absolute atomic E-state index is 0.0323. The Morgan fingerprint density at radius 3 is 2.61 bits per heavy atom. The van der Waals surface area contributed by atoms with Gasteiger partial charge in [0.15, 0.2) is 0 Å². The molecule has 1 atom stereocenters. The zero-order chi connectivity index (χ0) is 16.4. The van der Waals surface area contributed by atoms with Gasteiger partial charge in [0.1, 0.15) is 0 Å². The van der Waals surface area contributed by atoms with Crippen molar-refractivity contribution in [2.24, 2.45) is 5.73 Å². The number of pyridine rings is 1. The van der Waals surface area contributed by atoms with E-state index in [0.29, 0.717) is 6.04 Å². The van der Waals surface area contributed by atoms with Crippen LogP contribution in [0.25, 0.3) is 0 Å². The van der Waals surface area contributed by atoms with Crippen LogP contribution in [-0.4, -0.2) is 52.4 Å². The molecule has 1 aromatic rings. The number of primary amides is 1. The molecule has 0 saturated carbocycles. The Bertz CT molecular complexity index is 566. The standard InChI is InChI=1S/C18H28N4O/c1-13-5-6-15(14(2)20-13)12-21-10-7-16(8-11-21)22-9-3-4-17(22)18(19)23/h5-6,16-17H,3-4,7-12H2,1-2H3,(H2,19,23). The SMILES string of the molecule is Cc1ccc(CN2CCC(N3CCCC3C(N)=O)CC2)c(C)n1. The van der Waals surface area contributed by atoms with E-state index < -0.39 is 0 Å². The number of carbonyl (C=O) groups is 1. The molecule has 0 radical (unpaired) electrons. The highest BCUT2D eigenvalue weighted by Crippen LogP contribution is 2.26. The molecule has 0 bridgehead atoms. The first kappa shape index (κ1) is 16.4.